The minimum absolute atomic E-state index is 0.0346. The number of anilines is 1. The van der Waals surface area contributed by atoms with E-state index in [1.165, 1.54) is 7.11 Å². The van der Waals surface area contributed by atoms with Crippen LogP contribution >= 0.6 is 11.6 Å². The summed E-state index contributed by atoms with van der Waals surface area (Å²) in [6.07, 6.45) is 0.503. The lowest BCUT2D eigenvalue weighted by Crippen LogP contribution is -2.35. The first-order chi connectivity index (χ1) is 26.5. The highest BCUT2D eigenvalue weighted by molar-refractivity contribution is 6.35. The van der Waals surface area contributed by atoms with Gasteiger partial charge in [0.1, 0.15) is 5.82 Å². The predicted molar refractivity (Wildman–Crippen MR) is 201 cm³/mol. The van der Waals surface area contributed by atoms with Gasteiger partial charge in [0.15, 0.2) is 0 Å². The van der Waals surface area contributed by atoms with E-state index in [9.17, 15) is 22.8 Å². The Hall–Kier alpha value is -4.99. The second-order valence-corrected chi connectivity index (χ2v) is 14.3. The fourth-order valence-corrected chi connectivity index (χ4v) is 7.85. The van der Waals surface area contributed by atoms with Crippen molar-refractivity contribution in [2.75, 3.05) is 32.6 Å². The highest BCUT2D eigenvalue weighted by Gasteiger charge is 2.37. The monoisotopic (exact) mass is 778 g/mol. The highest BCUT2D eigenvalue weighted by Crippen LogP contribution is 2.44. The Balaban J connectivity index is 1.10. The van der Waals surface area contributed by atoms with Gasteiger partial charge < -0.3 is 36.1 Å². The number of pyridine rings is 3. The van der Waals surface area contributed by atoms with Crippen molar-refractivity contribution in [2.45, 2.75) is 75.9 Å². The minimum atomic E-state index is -4.68. The second kappa shape index (κ2) is 16.4. The Morgan fingerprint density at radius 3 is 2.15 bits per heavy atom. The average Bonchev–Trinajstić information content (AvgIpc) is 3.91. The fourth-order valence-electron chi connectivity index (χ4n) is 7.54. The number of amides is 2. The molecule has 16 heteroatoms. The van der Waals surface area contributed by atoms with Crippen LogP contribution in [-0.2, 0) is 35.3 Å². The van der Waals surface area contributed by atoms with E-state index >= 15 is 0 Å². The molecule has 2 aliphatic heterocycles. The van der Waals surface area contributed by atoms with Crippen LogP contribution in [0.15, 0.2) is 48.7 Å². The molecule has 2 saturated heterocycles. The van der Waals surface area contributed by atoms with Crippen LogP contribution in [0.5, 0.6) is 11.8 Å². The van der Waals surface area contributed by atoms with Gasteiger partial charge in [-0.3, -0.25) is 14.6 Å². The Kier molecular flexibility index (Phi) is 11.4. The maximum absolute atomic E-state index is 14.5. The normalized spacial score (nSPS) is 19.3. The average molecular weight is 779 g/mol. The molecule has 1 aromatic carbocycles. The third-order valence-electron chi connectivity index (χ3n) is 10.3. The summed E-state index contributed by atoms with van der Waals surface area (Å²) in [4.78, 5) is 36.8. The quantitative estimate of drug-likeness (QED) is 0.107. The molecule has 290 valence electrons. The van der Waals surface area contributed by atoms with Gasteiger partial charge in [0.2, 0.25) is 23.6 Å². The summed E-state index contributed by atoms with van der Waals surface area (Å²) < 4.78 is 54.6. The number of ether oxygens (including phenoxy) is 2. The van der Waals surface area contributed by atoms with Gasteiger partial charge in [-0.2, -0.15) is 18.2 Å². The molecule has 0 unspecified atom stereocenters. The van der Waals surface area contributed by atoms with E-state index in [0.717, 1.165) is 34.7 Å². The van der Waals surface area contributed by atoms with Crippen molar-refractivity contribution in [1.29, 1.82) is 0 Å². The van der Waals surface area contributed by atoms with Crippen LogP contribution in [-0.4, -0.2) is 66.2 Å². The number of rotatable bonds is 14. The maximum atomic E-state index is 14.5. The molecular formula is C39H42ClF3N8O4. The Labute approximate surface area is 321 Å². The molecule has 3 atom stereocenters. The molecule has 3 aromatic heterocycles. The summed E-state index contributed by atoms with van der Waals surface area (Å²) in [5, 5.41) is 15.7. The van der Waals surface area contributed by atoms with Crippen LogP contribution < -0.4 is 36.1 Å². The Morgan fingerprint density at radius 1 is 0.836 bits per heavy atom. The van der Waals surface area contributed by atoms with Crippen LogP contribution in [0.3, 0.4) is 0 Å². The molecule has 0 bridgehead atoms. The number of nitrogens with one attached hydrogen (secondary N) is 5. The van der Waals surface area contributed by atoms with Crippen LogP contribution in [0.4, 0.5) is 19.0 Å². The second-order valence-electron chi connectivity index (χ2n) is 13.9. The lowest BCUT2D eigenvalue weighted by molar-refractivity contribution is -0.137. The van der Waals surface area contributed by atoms with Crippen molar-refractivity contribution in [1.82, 2.24) is 36.2 Å². The summed E-state index contributed by atoms with van der Waals surface area (Å²) >= 11 is 7.07. The number of fused-ring (bicyclic) bond motifs is 1. The number of carbonyl (C=O) groups is 2. The number of benzene rings is 1. The number of methoxy groups -OCH3 is 2. The van der Waals surface area contributed by atoms with E-state index in [2.05, 4.69) is 36.6 Å². The summed E-state index contributed by atoms with van der Waals surface area (Å²) in [6.45, 7) is 1.63. The summed E-state index contributed by atoms with van der Waals surface area (Å²) in [7, 11) is 2.93. The SMILES string of the molecule is COc1nc(-c2ccnc(-c3cccc4c3CC[C@@H]4Nc3nc(OC)c(CNC[C@@H]4CCC(=O)N4)cc3C(F)(F)F)c2Cl)ccc1CNC[C@@H]1CCC(=O)N1. The largest absolute Gasteiger partial charge is 0.481 e. The molecule has 55 heavy (non-hydrogen) atoms. The van der Waals surface area contributed by atoms with E-state index in [0.29, 0.717) is 79.6 Å². The van der Waals surface area contributed by atoms with Crippen molar-refractivity contribution < 1.29 is 32.2 Å². The molecule has 2 fully saturated rings. The zero-order chi connectivity index (χ0) is 38.7. The zero-order valence-corrected chi connectivity index (χ0v) is 31.2. The number of hydrogen-bond donors (Lipinski definition) is 5. The Bertz CT molecular complexity index is 2080. The molecule has 5 N–H and O–H groups in total. The number of hydrogen-bond acceptors (Lipinski definition) is 10. The number of halogens is 4. The maximum Gasteiger partial charge on any atom is 0.419 e. The van der Waals surface area contributed by atoms with Crippen LogP contribution in [0.1, 0.15) is 66.0 Å². The standard InChI is InChI=1S/C39H42ClF3N8O4/c1-54-37-21(17-44-19-23-7-12-32(52)47-23)6-10-31(50-37)28-14-15-46-35(34(28)40)27-5-3-4-26-25(27)9-11-30(26)49-36-29(39(41,42)43)16-22(38(51-36)55-2)18-45-20-24-8-13-33(53)48-24/h3-6,10,14-16,23-24,30,44-45H,7-9,11-13,17-20H2,1-2H3,(H,47,52)(H,48,53)(H,49,51)/t23-,24-,30-/m0/s1. The van der Waals surface area contributed by atoms with Crippen molar-refractivity contribution in [3.63, 3.8) is 0 Å². The van der Waals surface area contributed by atoms with Crippen LogP contribution in [0, 0.1) is 0 Å². The van der Waals surface area contributed by atoms with Crippen LogP contribution in [0.2, 0.25) is 5.02 Å². The third-order valence-corrected chi connectivity index (χ3v) is 10.7. The zero-order valence-electron chi connectivity index (χ0n) is 30.4. The van der Waals surface area contributed by atoms with E-state index in [1.54, 1.807) is 19.4 Å². The lowest BCUT2D eigenvalue weighted by atomic mass is 9.98. The van der Waals surface area contributed by atoms with E-state index in [4.69, 9.17) is 26.1 Å². The minimum Gasteiger partial charge on any atom is -0.481 e. The van der Waals surface area contributed by atoms with Gasteiger partial charge in [0, 0.05) is 79.6 Å². The van der Waals surface area contributed by atoms with Gasteiger partial charge in [-0.15, -0.1) is 0 Å². The molecular weight excluding hydrogens is 737 g/mol. The number of carbonyl (C=O) groups excluding carboxylic acids is 2. The van der Waals surface area contributed by atoms with E-state index in [-0.39, 0.29) is 47.7 Å². The van der Waals surface area contributed by atoms with Crippen LogP contribution in [0.25, 0.3) is 22.5 Å². The van der Waals surface area contributed by atoms with Crippen molar-refractivity contribution in [3.05, 3.63) is 81.5 Å². The molecule has 0 saturated carbocycles. The van der Waals surface area contributed by atoms with Gasteiger partial charge in [0.25, 0.3) is 0 Å². The van der Waals surface area contributed by atoms with Crippen molar-refractivity contribution >= 4 is 29.2 Å². The van der Waals surface area contributed by atoms with Gasteiger partial charge in [-0.1, -0.05) is 35.9 Å². The first-order valence-electron chi connectivity index (χ1n) is 18.2. The van der Waals surface area contributed by atoms with E-state index < -0.39 is 17.8 Å². The van der Waals surface area contributed by atoms with Gasteiger partial charge >= 0.3 is 6.18 Å². The number of nitrogens with zero attached hydrogens (tertiary/aromatic N) is 3. The van der Waals surface area contributed by atoms with Crippen molar-refractivity contribution in [2.24, 2.45) is 0 Å². The Morgan fingerprint density at radius 2 is 1.51 bits per heavy atom. The molecule has 1 aliphatic carbocycles. The van der Waals surface area contributed by atoms with E-state index in [1.807, 2.05) is 30.3 Å². The molecule has 2 amide bonds. The molecule has 12 nitrogen and oxygen atoms in total. The van der Waals surface area contributed by atoms with Gasteiger partial charge in [0.05, 0.1) is 42.2 Å². The molecule has 0 spiro atoms. The van der Waals surface area contributed by atoms with Crippen molar-refractivity contribution in [3.8, 4) is 34.3 Å². The summed E-state index contributed by atoms with van der Waals surface area (Å²) in [5.41, 5.74) is 4.52. The predicted octanol–water partition coefficient (Wildman–Crippen LogP) is 5.73. The molecule has 7 rings (SSSR count). The molecule has 0 radical (unpaired) electrons. The lowest BCUT2D eigenvalue weighted by Gasteiger charge is -2.21. The molecule has 5 heterocycles. The number of alkyl halides is 3. The molecule has 3 aliphatic rings. The smallest absolute Gasteiger partial charge is 0.419 e. The van der Waals surface area contributed by atoms with Gasteiger partial charge in [-0.05, 0) is 55.0 Å². The molecule has 4 aromatic rings. The number of aromatic nitrogens is 3. The first kappa shape index (κ1) is 38.3. The van der Waals surface area contributed by atoms with Gasteiger partial charge in [-0.25, -0.2) is 4.98 Å². The topological polar surface area (TPSA) is 151 Å². The summed E-state index contributed by atoms with van der Waals surface area (Å²) in [6, 6.07) is 11.9. The highest BCUT2D eigenvalue weighted by atomic mass is 35.5. The fraction of sp³-hybridized carbons (Fsp3) is 0.410. The summed E-state index contributed by atoms with van der Waals surface area (Å²) in [5.74, 6) is 0.232. The third kappa shape index (κ3) is 8.48. The first-order valence-corrected chi connectivity index (χ1v) is 18.6.